The minimum absolute atomic E-state index is 0.168. The Hall–Kier alpha value is -1.53. The van der Waals surface area contributed by atoms with E-state index in [4.69, 9.17) is 27.9 Å². The molecule has 148 valence electrons. The third kappa shape index (κ3) is 4.66. The normalized spacial score (nSPS) is 24.5. The van der Waals surface area contributed by atoms with E-state index in [9.17, 15) is 14.0 Å². The first kappa shape index (κ1) is 20.2. The zero-order chi connectivity index (χ0) is 20.0. The van der Waals surface area contributed by atoms with Crippen LogP contribution in [0.25, 0.3) is 0 Å². The second-order valence-electron chi connectivity index (χ2n) is 8.05. The molecule has 2 unspecified atom stereocenters. The Morgan fingerprint density at radius 1 is 1.26 bits per heavy atom. The molecule has 1 aliphatic heterocycles. The van der Waals surface area contributed by atoms with Gasteiger partial charge in [-0.3, -0.25) is 4.79 Å². The van der Waals surface area contributed by atoms with E-state index >= 15 is 0 Å². The van der Waals surface area contributed by atoms with Gasteiger partial charge in [0.1, 0.15) is 15.8 Å². The molecule has 0 bridgehead atoms. The summed E-state index contributed by atoms with van der Waals surface area (Å²) in [6.07, 6.45) is -0.0525. The Labute approximate surface area is 168 Å². The van der Waals surface area contributed by atoms with Gasteiger partial charge < -0.3 is 14.5 Å². The van der Waals surface area contributed by atoms with Crippen LogP contribution in [0.15, 0.2) is 24.3 Å². The molecule has 1 saturated heterocycles. The van der Waals surface area contributed by atoms with Gasteiger partial charge in [0.05, 0.1) is 12.0 Å². The number of carbonyl (C=O) groups excluding carboxylic acids is 2. The fourth-order valence-corrected chi connectivity index (χ4v) is 3.71. The minimum Gasteiger partial charge on any atom is -0.444 e. The van der Waals surface area contributed by atoms with Crippen LogP contribution in [-0.2, 0) is 9.53 Å². The lowest BCUT2D eigenvalue weighted by Gasteiger charge is -2.42. The number of amides is 2. The topological polar surface area (TPSA) is 49.9 Å². The van der Waals surface area contributed by atoms with Gasteiger partial charge in [-0.1, -0.05) is 12.1 Å². The highest BCUT2D eigenvalue weighted by Crippen LogP contribution is 2.54. The molecule has 2 fully saturated rings. The Balaban J connectivity index is 1.83. The average Bonchev–Trinajstić information content (AvgIpc) is 3.20. The van der Waals surface area contributed by atoms with Crippen molar-refractivity contribution >= 4 is 35.2 Å². The number of halogens is 3. The van der Waals surface area contributed by atoms with Crippen LogP contribution in [-0.4, -0.2) is 51.4 Å². The molecule has 0 N–H and O–H groups in total. The quantitative estimate of drug-likeness (QED) is 0.680. The summed E-state index contributed by atoms with van der Waals surface area (Å²) in [5.41, 5.74) is -0.00418. The number of benzene rings is 1. The van der Waals surface area contributed by atoms with Crippen LogP contribution >= 0.6 is 23.2 Å². The highest BCUT2D eigenvalue weighted by Gasteiger charge is 2.58. The molecule has 0 aromatic heterocycles. The first-order valence-corrected chi connectivity index (χ1v) is 9.65. The van der Waals surface area contributed by atoms with Crippen molar-refractivity contribution in [3.8, 4) is 0 Å². The third-order valence-electron chi connectivity index (χ3n) is 4.67. The Bertz CT molecular complexity index is 751. The number of carbonyl (C=O) groups is 2. The maximum absolute atomic E-state index is 13.8. The Kier molecular flexibility index (Phi) is 5.34. The number of rotatable bonds is 2. The number of piperazine rings is 1. The molecule has 1 aliphatic carbocycles. The summed E-state index contributed by atoms with van der Waals surface area (Å²) in [5, 5.41) is 0. The van der Waals surface area contributed by atoms with E-state index < -0.39 is 33.8 Å². The van der Waals surface area contributed by atoms with E-state index in [-0.39, 0.29) is 12.5 Å². The van der Waals surface area contributed by atoms with Gasteiger partial charge >= 0.3 is 6.09 Å². The molecule has 1 heterocycles. The number of hydrogen-bond acceptors (Lipinski definition) is 3. The molecule has 1 saturated carbocycles. The molecule has 1 aromatic rings. The summed E-state index contributed by atoms with van der Waals surface area (Å²) in [6.45, 7) is 6.23. The van der Waals surface area contributed by atoms with Gasteiger partial charge in [0.15, 0.2) is 0 Å². The molecule has 2 amide bonds. The Morgan fingerprint density at radius 2 is 1.93 bits per heavy atom. The number of ether oxygens (including phenoxy) is 1. The van der Waals surface area contributed by atoms with E-state index in [1.165, 1.54) is 12.1 Å². The fraction of sp³-hybridized carbons (Fsp3) is 0.579. The van der Waals surface area contributed by atoms with Crippen molar-refractivity contribution in [2.45, 2.75) is 43.2 Å². The second kappa shape index (κ2) is 7.13. The number of alkyl halides is 2. The van der Waals surface area contributed by atoms with Crippen LogP contribution < -0.4 is 0 Å². The van der Waals surface area contributed by atoms with E-state index in [1.807, 2.05) is 0 Å². The van der Waals surface area contributed by atoms with Gasteiger partial charge in [-0.05, 0) is 44.9 Å². The van der Waals surface area contributed by atoms with Crippen molar-refractivity contribution in [1.82, 2.24) is 9.80 Å². The van der Waals surface area contributed by atoms with Gasteiger partial charge in [-0.25, -0.2) is 9.18 Å². The molecule has 8 heteroatoms. The van der Waals surface area contributed by atoms with Crippen LogP contribution in [0.5, 0.6) is 0 Å². The van der Waals surface area contributed by atoms with Crippen LogP contribution in [0.3, 0.4) is 0 Å². The van der Waals surface area contributed by atoms with Crippen molar-refractivity contribution in [3.05, 3.63) is 35.6 Å². The van der Waals surface area contributed by atoms with Gasteiger partial charge in [0.2, 0.25) is 5.91 Å². The summed E-state index contributed by atoms with van der Waals surface area (Å²) in [4.78, 5) is 28.5. The van der Waals surface area contributed by atoms with E-state index in [2.05, 4.69) is 0 Å². The lowest BCUT2D eigenvalue weighted by molar-refractivity contribution is -0.137. The molecule has 5 nitrogen and oxygen atoms in total. The molecule has 3 rings (SSSR count). The van der Waals surface area contributed by atoms with Crippen LogP contribution in [0, 0.1) is 11.7 Å². The van der Waals surface area contributed by atoms with Crippen molar-refractivity contribution in [3.63, 3.8) is 0 Å². The highest BCUT2D eigenvalue weighted by molar-refractivity contribution is 6.52. The molecule has 1 aromatic carbocycles. The second-order valence-corrected chi connectivity index (χ2v) is 9.59. The molecule has 27 heavy (non-hydrogen) atoms. The minimum atomic E-state index is -1.04. The van der Waals surface area contributed by atoms with Crippen molar-refractivity contribution < 1.29 is 18.7 Å². The van der Waals surface area contributed by atoms with E-state index in [0.29, 0.717) is 25.1 Å². The predicted molar refractivity (Wildman–Crippen MR) is 101 cm³/mol. The Morgan fingerprint density at radius 3 is 2.48 bits per heavy atom. The van der Waals surface area contributed by atoms with Crippen molar-refractivity contribution in [2.75, 3.05) is 19.6 Å². The third-order valence-corrected chi connectivity index (χ3v) is 5.51. The summed E-state index contributed by atoms with van der Waals surface area (Å²) < 4.78 is 18.2. The lowest BCUT2D eigenvalue weighted by atomic mass is 10.0. The van der Waals surface area contributed by atoms with Gasteiger partial charge in [-0.15, -0.1) is 23.2 Å². The monoisotopic (exact) mass is 416 g/mol. The molecular weight excluding hydrogens is 394 g/mol. The van der Waals surface area contributed by atoms with E-state index in [0.717, 1.165) is 0 Å². The number of nitrogens with zero attached hydrogens (tertiary/aromatic N) is 2. The highest BCUT2D eigenvalue weighted by atomic mass is 35.5. The number of hydrogen-bond donors (Lipinski definition) is 0. The summed E-state index contributed by atoms with van der Waals surface area (Å²) >= 11 is 12.1. The summed E-state index contributed by atoms with van der Waals surface area (Å²) in [6, 6.07) is 5.57. The van der Waals surface area contributed by atoms with Gasteiger partial charge in [-0.2, -0.15) is 0 Å². The molecular formula is C19H23Cl2FN2O3. The first-order valence-electron chi connectivity index (χ1n) is 8.89. The average molecular weight is 417 g/mol. The van der Waals surface area contributed by atoms with Crippen molar-refractivity contribution in [2.24, 2.45) is 5.92 Å². The standard InChI is InChI=1S/C19H23Cl2FN2O3/c1-18(2,3)27-17(26)23-7-8-24(16(25)14-10-19(14,20)21)15(11-23)12-5-4-6-13(22)9-12/h4-6,9,14-15H,7-8,10-11H2,1-3H3. The lowest BCUT2D eigenvalue weighted by Crippen LogP contribution is -2.53. The maximum Gasteiger partial charge on any atom is 0.410 e. The summed E-state index contributed by atoms with van der Waals surface area (Å²) in [7, 11) is 0. The first-order chi connectivity index (χ1) is 12.5. The molecule has 0 spiro atoms. The predicted octanol–water partition coefficient (Wildman–Crippen LogP) is 4.14. The van der Waals surface area contributed by atoms with Gasteiger partial charge in [0, 0.05) is 19.6 Å². The largest absolute Gasteiger partial charge is 0.444 e. The van der Waals surface area contributed by atoms with Crippen LogP contribution in [0.2, 0.25) is 0 Å². The van der Waals surface area contributed by atoms with Gasteiger partial charge in [0.25, 0.3) is 0 Å². The zero-order valence-electron chi connectivity index (χ0n) is 15.5. The van der Waals surface area contributed by atoms with Crippen molar-refractivity contribution in [1.29, 1.82) is 0 Å². The molecule has 2 atom stereocenters. The zero-order valence-corrected chi connectivity index (χ0v) is 17.1. The van der Waals surface area contributed by atoms with Crippen LogP contribution in [0.4, 0.5) is 9.18 Å². The SMILES string of the molecule is CC(C)(C)OC(=O)N1CCN(C(=O)C2CC2(Cl)Cl)C(c2cccc(F)c2)C1. The summed E-state index contributed by atoms with van der Waals surface area (Å²) in [5.74, 6) is -1.03. The molecule has 2 aliphatic rings. The maximum atomic E-state index is 13.8. The smallest absolute Gasteiger partial charge is 0.410 e. The molecule has 0 radical (unpaired) electrons. The van der Waals surface area contributed by atoms with E-state index in [1.54, 1.807) is 42.7 Å². The van der Waals surface area contributed by atoms with Crippen LogP contribution in [0.1, 0.15) is 38.8 Å². The fourth-order valence-electron chi connectivity index (χ4n) is 3.22.